The highest BCUT2D eigenvalue weighted by Gasteiger charge is 2.22. The number of aryl methyl sites for hydroxylation is 2. The summed E-state index contributed by atoms with van der Waals surface area (Å²) in [4.78, 5) is 10.5. The lowest BCUT2D eigenvalue weighted by molar-refractivity contribution is -0.386. The van der Waals surface area contributed by atoms with Crippen molar-refractivity contribution in [2.24, 2.45) is 0 Å². The van der Waals surface area contributed by atoms with Gasteiger partial charge in [-0.1, -0.05) is 19.1 Å². The summed E-state index contributed by atoms with van der Waals surface area (Å²) in [6.45, 7) is 5.52. The zero-order valence-corrected chi connectivity index (χ0v) is 13.5. The molecule has 124 valence electrons. The Morgan fingerprint density at radius 2 is 2.00 bits per heavy atom. The molecule has 7 nitrogen and oxygen atoms in total. The Morgan fingerprint density at radius 3 is 2.52 bits per heavy atom. The van der Waals surface area contributed by atoms with E-state index in [-0.39, 0.29) is 18.8 Å². The number of nitrogens with zero attached hydrogens (tertiary/aromatic N) is 3. The average molecular weight is 319 g/mol. The molecule has 2 aromatic rings. The van der Waals surface area contributed by atoms with E-state index in [9.17, 15) is 15.2 Å². The highest BCUT2D eigenvalue weighted by Crippen LogP contribution is 2.22. The van der Waals surface area contributed by atoms with Crippen LogP contribution in [0.5, 0.6) is 5.75 Å². The van der Waals surface area contributed by atoms with Gasteiger partial charge in [-0.25, -0.2) is 0 Å². The van der Waals surface area contributed by atoms with Gasteiger partial charge in [0.25, 0.3) is 0 Å². The van der Waals surface area contributed by atoms with Crippen LogP contribution in [-0.4, -0.2) is 32.5 Å². The molecule has 0 aliphatic rings. The van der Waals surface area contributed by atoms with Crippen LogP contribution >= 0.6 is 0 Å². The molecule has 2 rings (SSSR count). The SMILES string of the molecule is CCc1ccc(OCC(O)Cn2nc(C)c([N+](=O)[O-])c2C)cc1. The fourth-order valence-electron chi connectivity index (χ4n) is 2.40. The third kappa shape index (κ3) is 4.07. The number of hydrogen-bond donors (Lipinski definition) is 1. The van der Waals surface area contributed by atoms with Crippen molar-refractivity contribution in [1.82, 2.24) is 9.78 Å². The van der Waals surface area contributed by atoms with Gasteiger partial charge in [0.05, 0.1) is 11.5 Å². The fourth-order valence-corrected chi connectivity index (χ4v) is 2.40. The number of nitro groups is 1. The van der Waals surface area contributed by atoms with Crippen molar-refractivity contribution in [3.63, 3.8) is 0 Å². The highest BCUT2D eigenvalue weighted by molar-refractivity contribution is 5.39. The summed E-state index contributed by atoms with van der Waals surface area (Å²) in [6, 6.07) is 7.68. The molecule has 1 aromatic carbocycles. The molecule has 0 bridgehead atoms. The minimum atomic E-state index is -0.807. The van der Waals surface area contributed by atoms with Crippen LogP contribution in [0.15, 0.2) is 24.3 Å². The molecule has 1 N–H and O–H groups in total. The van der Waals surface area contributed by atoms with Gasteiger partial charge >= 0.3 is 5.69 Å². The van der Waals surface area contributed by atoms with E-state index >= 15 is 0 Å². The van der Waals surface area contributed by atoms with Crippen molar-refractivity contribution in [2.45, 2.75) is 39.8 Å². The first kappa shape index (κ1) is 17.0. The lowest BCUT2D eigenvalue weighted by Crippen LogP contribution is -2.24. The van der Waals surface area contributed by atoms with E-state index < -0.39 is 11.0 Å². The van der Waals surface area contributed by atoms with Crippen molar-refractivity contribution >= 4 is 5.69 Å². The summed E-state index contributed by atoms with van der Waals surface area (Å²) < 4.78 is 6.98. The molecule has 0 aliphatic heterocycles. The maximum atomic E-state index is 11.0. The van der Waals surface area contributed by atoms with E-state index in [1.807, 2.05) is 24.3 Å². The van der Waals surface area contributed by atoms with Crippen LogP contribution in [0.3, 0.4) is 0 Å². The molecule has 0 spiro atoms. The van der Waals surface area contributed by atoms with Gasteiger partial charge in [0.2, 0.25) is 0 Å². The standard InChI is InChI=1S/C16H21N3O4/c1-4-13-5-7-15(8-6-13)23-10-14(20)9-18-12(3)16(19(21)22)11(2)17-18/h5-8,14,20H,4,9-10H2,1-3H3. The smallest absolute Gasteiger partial charge is 0.312 e. The van der Waals surface area contributed by atoms with Gasteiger partial charge in [0, 0.05) is 0 Å². The summed E-state index contributed by atoms with van der Waals surface area (Å²) in [5.41, 5.74) is 1.98. The zero-order valence-electron chi connectivity index (χ0n) is 13.5. The van der Waals surface area contributed by atoms with Gasteiger partial charge in [-0.15, -0.1) is 0 Å². The van der Waals surface area contributed by atoms with E-state index in [0.717, 1.165) is 6.42 Å². The second-order valence-electron chi connectivity index (χ2n) is 5.42. The maximum Gasteiger partial charge on any atom is 0.312 e. The zero-order chi connectivity index (χ0) is 17.0. The Morgan fingerprint density at radius 1 is 1.35 bits per heavy atom. The van der Waals surface area contributed by atoms with Crippen LogP contribution in [0, 0.1) is 24.0 Å². The summed E-state index contributed by atoms with van der Waals surface area (Å²) in [5.74, 6) is 0.681. The fraction of sp³-hybridized carbons (Fsp3) is 0.438. The molecule has 0 saturated heterocycles. The summed E-state index contributed by atoms with van der Waals surface area (Å²) >= 11 is 0. The van der Waals surface area contributed by atoms with Gasteiger partial charge in [-0.2, -0.15) is 5.10 Å². The van der Waals surface area contributed by atoms with Gasteiger partial charge in [-0.3, -0.25) is 14.8 Å². The van der Waals surface area contributed by atoms with E-state index in [1.165, 1.54) is 10.2 Å². The van der Waals surface area contributed by atoms with Crippen LogP contribution in [0.2, 0.25) is 0 Å². The molecular weight excluding hydrogens is 298 g/mol. The van der Waals surface area contributed by atoms with Crippen molar-refractivity contribution in [3.8, 4) is 5.75 Å². The number of aliphatic hydroxyl groups is 1. The molecule has 7 heteroatoms. The van der Waals surface area contributed by atoms with Crippen LogP contribution in [0.1, 0.15) is 23.9 Å². The Kier molecular flexibility index (Phi) is 5.33. The molecule has 0 amide bonds. The van der Waals surface area contributed by atoms with E-state index in [0.29, 0.717) is 17.1 Å². The van der Waals surface area contributed by atoms with Gasteiger partial charge < -0.3 is 9.84 Å². The second-order valence-corrected chi connectivity index (χ2v) is 5.42. The minimum Gasteiger partial charge on any atom is -0.491 e. The lowest BCUT2D eigenvalue weighted by Gasteiger charge is -2.13. The normalized spacial score (nSPS) is 12.2. The summed E-state index contributed by atoms with van der Waals surface area (Å²) in [5, 5.41) is 25.2. The first-order valence-corrected chi connectivity index (χ1v) is 7.50. The predicted octanol–water partition coefficient (Wildman–Crippen LogP) is 2.41. The maximum absolute atomic E-state index is 11.0. The van der Waals surface area contributed by atoms with Crippen LogP contribution in [-0.2, 0) is 13.0 Å². The van der Waals surface area contributed by atoms with Gasteiger partial charge in [0.1, 0.15) is 29.8 Å². The number of rotatable bonds is 7. The highest BCUT2D eigenvalue weighted by atomic mass is 16.6. The third-order valence-corrected chi connectivity index (χ3v) is 3.68. The van der Waals surface area contributed by atoms with Gasteiger partial charge in [-0.05, 0) is 38.0 Å². The largest absolute Gasteiger partial charge is 0.491 e. The average Bonchev–Trinajstić information content (AvgIpc) is 2.79. The van der Waals surface area contributed by atoms with Crippen LogP contribution < -0.4 is 4.74 Å². The summed E-state index contributed by atoms with van der Waals surface area (Å²) in [6.07, 6.45) is 0.151. The van der Waals surface area contributed by atoms with Crippen molar-refractivity contribution < 1.29 is 14.8 Å². The minimum absolute atomic E-state index is 0.00623. The molecule has 0 radical (unpaired) electrons. The number of hydrogen-bond acceptors (Lipinski definition) is 5. The van der Waals surface area contributed by atoms with Crippen LogP contribution in [0.25, 0.3) is 0 Å². The predicted molar refractivity (Wildman–Crippen MR) is 85.7 cm³/mol. The topological polar surface area (TPSA) is 90.4 Å². The van der Waals surface area contributed by atoms with Crippen molar-refractivity contribution in [2.75, 3.05) is 6.61 Å². The molecule has 0 aliphatic carbocycles. The molecule has 0 saturated carbocycles. The quantitative estimate of drug-likeness (QED) is 0.625. The first-order chi connectivity index (χ1) is 10.9. The lowest BCUT2D eigenvalue weighted by atomic mass is 10.2. The van der Waals surface area contributed by atoms with Crippen molar-refractivity contribution in [1.29, 1.82) is 0 Å². The first-order valence-electron chi connectivity index (χ1n) is 7.50. The molecule has 0 fully saturated rings. The van der Waals surface area contributed by atoms with Gasteiger partial charge in [0.15, 0.2) is 0 Å². The number of ether oxygens (including phenoxy) is 1. The number of aliphatic hydroxyl groups excluding tert-OH is 1. The Labute approximate surface area is 134 Å². The number of aromatic nitrogens is 2. The Bertz CT molecular complexity index is 679. The third-order valence-electron chi connectivity index (χ3n) is 3.68. The van der Waals surface area contributed by atoms with E-state index in [1.54, 1.807) is 13.8 Å². The molecule has 1 heterocycles. The molecule has 23 heavy (non-hydrogen) atoms. The van der Waals surface area contributed by atoms with Crippen LogP contribution in [0.4, 0.5) is 5.69 Å². The Balaban J connectivity index is 1.95. The molecular formula is C16H21N3O4. The molecule has 1 atom stereocenters. The summed E-state index contributed by atoms with van der Waals surface area (Å²) in [7, 11) is 0. The van der Waals surface area contributed by atoms with Crippen molar-refractivity contribution in [3.05, 3.63) is 51.3 Å². The Hall–Kier alpha value is -2.41. The number of benzene rings is 1. The monoisotopic (exact) mass is 319 g/mol. The molecule has 1 unspecified atom stereocenters. The molecule has 1 aromatic heterocycles. The van der Waals surface area contributed by atoms with E-state index in [4.69, 9.17) is 4.74 Å². The van der Waals surface area contributed by atoms with E-state index in [2.05, 4.69) is 12.0 Å². The second kappa shape index (κ2) is 7.23.